The zero-order chi connectivity index (χ0) is 27.9. The maximum absolute atomic E-state index is 11.8. The van der Waals surface area contributed by atoms with Crippen molar-refractivity contribution in [3.05, 3.63) is 0 Å². The second-order valence-electron chi connectivity index (χ2n) is 10.6. The summed E-state index contributed by atoms with van der Waals surface area (Å²) in [6, 6.07) is 0. The van der Waals surface area contributed by atoms with Crippen molar-refractivity contribution >= 4 is 69.0 Å². The maximum atomic E-state index is 11.8. The van der Waals surface area contributed by atoms with Gasteiger partial charge in [0.25, 0.3) is 0 Å². The Morgan fingerprint density at radius 3 is 1.03 bits per heavy atom. The van der Waals surface area contributed by atoms with E-state index in [-0.39, 0.29) is 58.6 Å². The van der Waals surface area contributed by atoms with Gasteiger partial charge in [-0.3, -0.25) is 13.9 Å². The fourth-order valence-electron chi connectivity index (χ4n) is 4.49. The fourth-order valence-corrected chi connectivity index (χ4v) is 4.49. The Balaban J connectivity index is -0.000000796. The van der Waals surface area contributed by atoms with Crippen molar-refractivity contribution in [2.24, 2.45) is 0 Å². The Kier molecular flexibility index (Phi) is 47.2. The molecule has 0 spiro atoms. The standard InChI is InChI=1S/C30H60O2.Mg.Na.H2O4S.3H/c1-3-5-7-9-11-13-15-16-17-18-19-20-22-24-26-28-30(31)32-29-27-25-23-21-14-12-10-8-6-4-2;;;1-5(2,3)4;;;/h3-29H2,1-2H3;;;(H2,1,2,3,4);;;. The summed E-state index contributed by atoms with van der Waals surface area (Å²) in [7, 11) is -4.67. The predicted molar refractivity (Wildman–Crippen MR) is 172 cm³/mol. The third-order valence-electron chi connectivity index (χ3n) is 6.75. The molecule has 0 aliphatic rings. The van der Waals surface area contributed by atoms with Gasteiger partial charge in [-0.15, -0.1) is 0 Å². The van der Waals surface area contributed by atoms with Gasteiger partial charge < -0.3 is 4.74 Å². The van der Waals surface area contributed by atoms with Crippen LogP contribution in [0.3, 0.4) is 0 Å². The predicted octanol–water partition coefficient (Wildman–Crippen LogP) is 8.49. The number of esters is 1. The van der Waals surface area contributed by atoms with Crippen molar-refractivity contribution in [1.82, 2.24) is 0 Å². The zero-order valence-electron chi connectivity index (χ0n) is 24.5. The van der Waals surface area contributed by atoms with Crippen molar-refractivity contribution < 1.29 is 27.1 Å². The van der Waals surface area contributed by atoms with Crippen molar-refractivity contribution in [3.8, 4) is 0 Å². The zero-order valence-corrected chi connectivity index (χ0v) is 25.3. The number of rotatable bonds is 27. The van der Waals surface area contributed by atoms with Crippen LogP contribution >= 0.6 is 0 Å². The summed E-state index contributed by atoms with van der Waals surface area (Å²) in [5.74, 6) is 0.0237. The monoisotopic (exact) mass is 600 g/mol. The fraction of sp³-hybridized carbons (Fsp3) is 0.967. The molecule has 39 heavy (non-hydrogen) atoms. The SMILES string of the molecule is CCCCCCCCCCCCCCCCCC(=O)OCCCCCCCCCCCC.O=S(=O)(O)O.[MgH2].[NaH]. The molecule has 0 radical (unpaired) electrons. The normalized spacial score (nSPS) is 10.7. The van der Waals surface area contributed by atoms with E-state index in [4.69, 9.17) is 22.3 Å². The molecule has 9 heteroatoms. The molecule has 0 heterocycles. The van der Waals surface area contributed by atoms with E-state index in [1.54, 1.807) is 0 Å². The minimum atomic E-state index is -4.67. The Hall–Kier alpha value is 1.11. The number of carbonyl (C=O) groups is 1. The molecule has 0 aromatic rings. The van der Waals surface area contributed by atoms with E-state index < -0.39 is 10.4 Å². The van der Waals surface area contributed by atoms with Crippen molar-refractivity contribution in [3.63, 3.8) is 0 Å². The summed E-state index contributed by atoms with van der Waals surface area (Å²) in [6.45, 7) is 5.19. The van der Waals surface area contributed by atoms with Gasteiger partial charge in [0.1, 0.15) is 0 Å². The van der Waals surface area contributed by atoms with Gasteiger partial charge >= 0.3 is 69.0 Å². The molecule has 0 atom stereocenters. The van der Waals surface area contributed by atoms with Gasteiger partial charge in [0.2, 0.25) is 0 Å². The Morgan fingerprint density at radius 1 is 0.513 bits per heavy atom. The second-order valence-corrected chi connectivity index (χ2v) is 11.4. The molecular weight excluding hydrogens is 536 g/mol. The van der Waals surface area contributed by atoms with E-state index >= 15 is 0 Å². The van der Waals surface area contributed by atoms with Gasteiger partial charge in [-0.1, -0.05) is 162 Å². The summed E-state index contributed by atoms with van der Waals surface area (Å²) >= 11 is 0. The average molecular weight is 601 g/mol. The molecule has 0 aliphatic heterocycles. The van der Waals surface area contributed by atoms with Crippen LogP contribution in [0, 0.1) is 0 Å². The number of hydrogen-bond donors (Lipinski definition) is 2. The van der Waals surface area contributed by atoms with Crippen LogP contribution < -0.4 is 0 Å². The number of carbonyl (C=O) groups excluding carboxylic acids is 1. The van der Waals surface area contributed by atoms with Crippen LogP contribution in [0.15, 0.2) is 0 Å². The van der Waals surface area contributed by atoms with E-state index in [1.807, 2.05) is 0 Å². The summed E-state index contributed by atoms with van der Waals surface area (Å²) in [5.41, 5.74) is 0. The van der Waals surface area contributed by atoms with Crippen molar-refractivity contribution in [1.29, 1.82) is 0 Å². The topological polar surface area (TPSA) is 101 Å². The van der Waals surface area contributed by atoms with E-state index in [2.05, 4.69) is 13.8 Å². The van der Waals surface area contributed by atoms with Crippen molar-refractivity contribution in [2.45, 2.75) is 181 Å². The molecule has 0 amide bonds. The van der Waals surface area contributed by atoms with E-state index in [9.17, 15) is 4.79 Å². The molecule has 0 saturated carbocycles. The van der Waals surface area contributed by atoms with Gasteiger partial charge in [-0.25, -0.2) is 0 Å². The quantitative estimate of drug-likeness (QED) is 0.0424. The summed E-state index contributed by atoms with van der Waals surface area (Å²) in [5, 5.41) is 0. The summed E-state index contributed by atoms with van der Waals surface area (Å²) in [4.78, 5) is 11.8. The molecule has 0 aromatic carbocycles. The van der Waals surface area contributed by atoms with Crippen LogP contribution in [-0.4, -0.2) is 82.7 Å². The van der Waals surface area contributed by atoms with Gasteiger partial charge in [0.15, 0.2) is 0 Å². The minimum absolute atomic E-state index is 0. The number of ether oxygens (including phenoxy) is 1. The first-order chi connectivity index (χ1) is 17.8. The van der Waals surface area contributed by atoms with E-state index in [0.717, 1.165) is 12.8 Å². The molecule has 6 nitrogen and oxygen atoms in total. The first kappa shape index (κ1) is 47.0. The van der Waals surface area contributed by atoms with Crippen LogP contribution in [0.4, 0.5) is 0 Å². The summed E-state index contributed by atoms with van der Waals surface area (Å²) in [6.07, 6.45) is 34.2. The Bertz CT molecular complexity index is 556. The first-order valence-corrected chi connectivity index (χ1v) is 17.1. The van der Waals surface area contributed by atoms with E-state index in [1.165, 1.54) is 148 Å². The third kappa shape index (κ3) is 55.6. The van der Waals surface area contributed by atoms with Crippen LogP contribution in [0.1, 0.15) is 181 Å². The Labute approximate surface area is 281 Å². The average Bonchev–Trinajstić information content (AvgIpc) is 2.84. The molecule has 0 fully saturated rings. The van der Waals surface area contributed by atoms with Crippen LogP contribution in [0.25, 0.3) is 0 Å². The van der Waals surface area contributed by atoms with Gasteiger partial charge in [0.05, 0.1) is 6.61 Å². The van der Waals surface area contributed by atoms with E-state index in [0.29, 0.717) is 13.0 Å². The van der Waals surface area contributed by atoms with Crippen LogP contribution in [0.2, 0.25) is 0 Å². The third-order valence-corrected chi connectivity index (χ3v) is 6.75. The first-order valence-electron chi connectivity index (χ1n) is 15.7. The van der Waals surface area contributed by atoms with Gasteiger partial charge in [-0.2, -0.15) is 8.42 Å². The van der Waals surface area contributed by atoms with Crippen LogP contribution in [-0.2, 0) is 19.9 Å². The van der Waals surface area contributed by atoms with Gasteiger partial charge in [0, 0.05) is 6.42 Å². The van der Waals surface area contributed by atoms with Crippen molar-refractivity contribution in [2.75, 3.05) is 6.61 Å². The number of unbranched alkanes of at least 4 members (excludes halogenated alkanes) is 23. The molecule has 0 rings (SSSR count). The molecule has 0 bridgehead atoms. The molecule has 0 aliphatic carbocycles. The number of hydrogen-bond acceptors (Lipinski definition) is 4. The molecular formula is C30H65MgNaO6S. The summed E-state index contributed by atoms with van der Waals surface area (Å²) < 4.78 is 37.0. The molecule has 0 saturated heterocycles. The molecule has 0 unspecified atom stereocenters. The Morgan fingerprint density at radius 2 is 0.744 bits per heavy atom. The molecule has 2 N–H and O–H groups in total. The van der Waals surface area contributed by atoms with Gasteiger partial charge in [-0.05, 0) is 12.8 Å². The molecule has 0 aromatic heterocycles. The second kappa shape index (κ2) is 39.1. The molecule has 230 valence electrons. The van der Waals surface area contributed by atoms with Crippen LogP contribution in [0.5, 0.6) is 0 Å².